The van der Waals surface area contributed by atoms with Gasteiger partial charge < -0.3 is 9.30 Å². The Morgan fingerprint density at radius 1 is 1.00 bits per heavy atom. The number of hydrogen-bond acceptors (Lipinski definition) is 3. The standard InChI is InChI=1S/C28H35NO3/c1-6-8-14-20(7-2)19-29-23-18-13-12-17-22(23)25(30)26(32-27(31)28(3,4)5)24(29)21-15-10-9-11-16-21/h9-13,15-18,20H,6-8,14,19H2,1-5H3. The van der Waals surface area contributed by atoms with Crippen LogP contribution in [0.25, 0.3) is 22.2 Å². The predicted molar refractivity (Wildman–Crippen MR) is 132 cm³/mol. The van der Waals surface area contributed by atoms with E-state index in [9.17, 15) is 9.59 Å². The number of carbonyl (C=O) groups excluding carboxylic acids is 1. The molecular weight excluding hydrogens is 398 g/mol. The summed E-state index contributed by atoms with van der Waals surface area (Å²) in [5.41, 5.74) is 1.47. The van der Waals surface area contributed by atoms with E-state index in [0.717, 1.165) is 36.9 Å². The van der Waals surface area contributed by atoms with Gasteiger partial charge in [-0.15, -0.1) is 0 Å². The SMILES string of the molecule is CCCCC(CC)Cn1c(-c2ccccc2)c(OC(=O)C(C)(C)C)c(=O)c2ccccc21. The molecule has 3 rings (SSSR count). The fraction of sp³-hybridized carbons (Fsp3) is 0.429. The molecule has 0 spiro atoms. The summed E-state index contributed by atoms with van der Waals surface area (Å²) in [5, 5.41) is 0.578. The van der Waals surface area contributed by atoms with Crippen molar-refractivity contribution >= 4 is 16.9 Å². The summed E-state index contributed by atoms with van der Waals surface area (Å²) in [6.07, 6.45) is 4.50. The number of rotatable bonds is 8. The van der Waals surface area contributed by atoms with E-state index in [1.165, 1.54) is 6.42 Å². The zero-order valence-corrected chi connectivity index (χ0v) is 20.0. The highest BCUT2D eigenvalue weighted by Gasteiger charge is 2.28. The predicted octanol–water partition coefficient (Wildman–Crippen LogP) is 6.84. The summed E-state index contributed by atoms with van der Waals surface area (Å²) in [4.78, 5) is 26.4. The Labute approximate surface area is 191 Å². The van der Waals surface area contributed by atoms with Gasteiger partial charge in [-0.05, 0) is 45.2 Å². The van der Waals surface area contributed by atoms with Crippen LogP contribution in [0.2, 0.25) is 0 Å². The molecule has 3 aromatic rings. The largest absolute Gasteiger partial charge is 0.420 e. The number of unbranched alkanes of at least 4 members (excludes halogenated alkanes) is 1. The van der Waals surface area contributed by atoms with Gasteiger partial charge in [-0.3, -0.25) is 9.59 Å². The zero-order chi connectivity index (χ0) is 23.3. The molecule has 1 heterocycles. The lowest BCUT2D eigenvalue weighted by atomic mass is 9.96. The van der Waals surface area contributed by atoms with Crippen molar-refractivity contribution in [1.29, 1.82) is 0 Å². The van der Waals surface area contributed by atoms with Gasteiger partial charge in [-0.1, -0.05) is 75.6 Å². The van der Waals surface area contributed by atoms with Crippen LogP contribution in [0.3, 0.4) is 0 Å². The highest BCUT2D eigenvalue weighted by atomic mass is 16.5. The average Bonchev–Trinajstić information content (AvgIpc) is 2.79. The molecular formula is C28H35NO3. The van der Waals surface area contributed by atoms with Crippen LogP contribution < -0.4 is 10.2 Å². The second kappa shape index (κ2) is 10.2. The van der Waals surface area contributed by atoms with Crippen LogP contribution in [-0.4, -0.2) is 10.5 Å². The molecule has 0 bridgehead atoms. The first kappa shape index (κ1) is 23.8. The number of pyridine rings is 1. The van der Waals surface area contributed by atoms with E-state index in [0.29, 0.717) is 17.0 Å². The lowest BCUT2D eigenvalue weighted by Gasteiger charge is -2.25. The summed E-state index contributed by atoms with van der Waals surface area (Å²) in [5.74, 6) is 0.182. The van der Waals surface area contributed by atoms with E-state index >= 15 is 0 Å². The van der Waals surface area contributed by atoms with Crippen molar-refractivity contribution in [3.05, 3.63) is 64.8 Å². The quantitative estimate of drug-likeness (QED) is 0.366. The summed E-state index contributed by atoms with van der Waals surface area (Å²) >= 11 is 0. The number of carbonyl (C=O) groups is 1. The highest BCUT2D eigenvalue weighted by Crippen LogP contribution is 2.34. The minimum absolute atomic E-state index is 0.125. The summed E-state index contributed by atoms with van der Waals surface area (Å²) in [7, 11) is 0. The van der Waals surface area contributed by atoms with E-state index in [4.69, 9.17) is 4.74 Å². The van der Waals surface area contributed by atoms with Crippen molar-refractivity contribution in [2.24, 2.45) is 11.3 Å². The summed E-state index contributed by atoms with van der Waals surface area (Å²) in [6.45, 7) is 10.6. The minimum Gasteiger partial charge on any atom is -0.420 e. The molecule has 0 aliphatic rings. The normalized spacial score (nSPS) is 12.7. The van der Waals surface area contributed by atoms with Crippen molar-refractivity contribution in [3.8, 4) is 17.0 Å². The number of nitrogens with zero attached hydrogens (tertiary/aromatic N) is 1. The van der Waals surface area contributed by atoms with Crippen LogP contribution in [0.1, 0.15) is 60.3 Å². The van der Waals surface area contributed by atoms with Gasteiger partial charge in [-0.2, -0.15) is 0 Å². The maximum atomic E-state index is 13.6. The van der Waals surface area contributed by atoms with Crippen molar-refractivity contribution in [3.63, 3.8) is 0 Å². The number of benzene rings is 2. The molecule has 4 nitrogen and oxygen atoms in total. The Bertz CT molecular complexity index is 1120. The Hall–Kier alpha value is -2.88. The molecule has 170 valence electrons. The third-order valence-electron chi connectivity index (χ3n) is 5.97. The van der Waals surface area contributed by atoms with E-state index in [1.807, 2.05) is 54.6 Å². The van der Waals surface area contributed by atoms with Gasteiger partial charge >= 0.3 is 5.97 Å². The maximum absolute atomic E-state index is 13.6. The van der Waals surface area contributed by atoms with Crippen LogP contribution in [0, 0.1) is 11.3 Å². The zero-order valence-electron chi connectivity index (χ0n) is 20.0. The molecule has 0 saturated heterocycles. The summed E-state index contributed by atoms with van der Waals surface area (Å²) < 4.78 is 8.06. The molecule has 0 amide bonds. The van der Waals surface area contributed by atoms with E-state index in [1.54, 1.807) is 20.8 Å². The smallest absolute Gasteiger partial charge is 0.316 e. The van der Waals surface area contributed by atoms with Gasteiger partial charge in [0.15, 0.2) is 0 Å². The number of ether oxygens (including phenoxy) is 1. The molecule has 32 heavy (non-hydrogen) atoms. The molecule has 0 aliphatic heterocycles. The van der Waals surface area contributed by atoms with Gasteiger partial charge in [-0.25, -0.2) is 0 Å². The molecule has 0 saturated carbocycles. The van der Waals surface area contributed by atoms with Crippen LogP contribution >= 0.6 is 0 Å². The number of para-hydroxylation sites is 1. The fourth-order valence-electron chi connectivity index (χ4n) is 3.96. The molecule has 2 aromatic carbocycles. The summed E-state index contributed by atoms with van der Waals surface area (Å²) in [6, 6.07) is 17.4. The molecule has 0 aliphatic carbocycles. The molecule has 1 atom stereocenters. The van der Waals surface area contributed by atoms with Crippen LogP contribution in [0.5, 0.6) is 5.75 Å². The third-order valence-corrected chi connectivity index (χ3v) is 5.97. The number of esters is 1. The average molecular weight is 434 g/mol. The topological polar surface area (TPSA) is 48.3 Å². The van der Waals surface area contributed by atoms with Crippen LogP contribution in [0.4, 0.5) is 0 Å². The van der Waals surface area contributed by atoms with Crippen molar-refractivity contribution in [2.75, 3.05) is 0 Å². The van der Waals surface area contributed by atoms with Crippen molar-refractivity contribution < 1.29 is 9.53 Å². The first-order chi connectivity index (χ1) is 15.3. The lowest BCUT2D eigenvalue weighted by molar-refractivity contribution is -0.143. The van der Waals surface area contributed by atoms with E-state index in [2.05, 4.69) is 18.4 Å². The number of aromatic nitrogens is 1. The van der Waals surface area contributed by atoms with E-state index < -0.39 is 11.4 Å². The molecule has 0 N–H and O–H groups in total. The second-order valence-corrected chi connectivity index (χ2v) is 9.56. The van der Waals surface area contributed by atoms with Gasteiger partial charge in [0.05, 0.1) is 16.6 Å². The van der Waals surface area contributed by atoms with Crippen molar-refractivity contribution in [2.45, 2.75) is 66.8 Å². The molecule has 1 unspecified atom stereocenters. The van der Waals surface area contributed by atoms with Crippen molar-refractivity contribution in [1.82, 2.24) is 4.57 Å². The first-order valence-corrected chi connectivity index (χ1v) is 11.7. The second-order valence-electron chi connectivity index (χ2n) is 9.56. The Morgan fingerprint density at radius 2 is 1.66 bits per heavy atom. The molecule has 4 heteroatoms. The monoisotopic (exact) mass is 433 g/mol. The van der Waals surface area contributed by atoms with E-state index in [-0.39, 0.29) is 11.2 Å². The Kier molecular flexibility index (Phi) is 7.55. The number of hydrogen-bond donors (Lipinski definition) is 0. The minimum atomic E-state index is -0.718. The van der Waals surface area contributed by atoms with Gasteiger partial charge in [0, 0.05) is 17.5 Å². The fourth-order valence-corrected chi connectivity index (χ4v) is 3.96. The van der Waals surface area contributed by atoms with Gasteiger partial charge in [0.25, 0.3) is 0 Å². The molecule has 0 radical (unpaired) electrons. The Morgan fingerprint density at radius 3 is 2.28 bits per heavy atom. The lowest BCUT2D eigenvalue weighted by Crippen LogP contribution is -2.29. The highest BCUT2D eigenvalue weighted by molar-refractivity contribution is 5.88. The molecule has 0 fully saturated rings. The van der Waals surface area contributed by atoms with Gasteiger partial charge in [0.2, 0.25) is 11.2 Å². The van der Waals surface area contributed by atoms with Crippen LogP contribution in [0.15, 0.2) is 59.4 Å². The van der Waals surface area contributed by atoms with Gasteiger partial charge in [0.1, 0.15) is 0 Å². The molecule has 1 aromatic heterocycles. The third kappa shape index (κ3) is 5.12. The maximum Gasteiger partial charge on any atom is 0.316 e. The Balaban J connectivity index is 2.32. The first-order valence-electron chi connectivity index (χ1n) is 11.7. The van der Waals surface area contributed by atoms with Crippen LogP contribution in [-0.2, 0) is 11.3 Å². The number of fused-ring (bicyclic) bond motifs is 1.